The lowest BCUT2D eigenvalue weighted by Crippen LogP contribution is -2.18. The predicted molar refractivity (Wildman–Crippen MR) is 90.5 cm³/mol. The van der Waals surface area contributed by atoms with Crippen LogP contribution in [-0.2, 0) is 11.2 Å². The van der Waals surface area contributed by atoms with Crippen molar-refractivity contribution in [1.82, 2.24) is 0 Å². The Hall–Kier alpha value is -2.20. The van der Waals surface area contributed by atoms with E-state index >= 15 is 0 Å². The third kappa shape index (κ3) is 4.13. The zero-order valence-corrected chi connectivity index (χ0v) is 12.7. The Morgan fingerprint density at radius 2 is 1.86 bits per heavy atom. The van der Waals surface area contributed by atoms with Crippen LogP contribution in [0.2, 0.25) is 0 Å². The second-order valence-corrected chi connectivity index (χ2v) is 5.34. The number of carbonyl (C=O) groups excluding carboxylic acids is 1. The molecule has 0 radical (unpaired) electrons. The van der Waals surface area contributed by atoms with Crippen molar-refractivity contribution >= 4 is 28.8 Å². The van der Waals surface area contributed by atoms with Crippen LogP contribution in [0.4, 0.5) is 5.69 Å². The van der Waals surface area contributed by atoms with E-state index in [1.54, 1.807) is 0 Å². The van der Waals surface area contributed by atoms with Crippen LogP contribution in [0, 0.1) is 6.92 Å². The van der Waals surface area contributed by atoms with E-state index in [-0.39, 0.29) is 5.91 Å². The van der Waals surface area contributed by atoms with Crippen molar-refractivity contribution in [1.29, 1.82) is 0 Å². The Morgan fingerprint density at radius 1 is 1.14 bits per heavy atom. The standard InChI is InChI=1S/C17H18N2OS/c1-12-6-5-9-14(16(12)17(18)21)19-15(20)11-10-13-7-3-2-4-8-13/h2-9H,10-11H2,1H3,(H2,18,21)(H,19,20). The molecule has 2 aromatic carbocycles. The highest BCUT2D eigenvalue weighted by molar-refractivity contribution is 7.80. The van der Waals surface area contributed by atoms with Crippen molar-refractivity contribution in [2.24, 2.45) is 5.73 Å². The first kappa shape index (κ1) is 15.2. The zero-order chi connectivity index (χ0) is 15.2. The van der Waals surface area contributed by atoms with Crippen molar-refractivity contribution < 1.29 is 4.79 Å². The highest BCUT2D eigenvalue weighted by Gasteiger charge is 2.11. The summed E-state index contributed by atoms with van der Waals surface area (Å²) in [6.45, 7) is 1.92. The molecule has 0 aliphatic carbocycles. The third-order valence-electron chi connectivity index (χ3n) is 3.28. The number of hydrogen-bond donors (Lipinski definition) is 2. The number of nitrogens with one attached hydrogen (secondary N) is 1. The van der Waals surface area contributed by atoms with E-state index in [4.69, 9.17) is 18.0 Å². The SMILES string of the molecule is Cc1cccc(NC(=O)CCc2ccccc2)c1C(N)=S. The molecule has 0 aliphatic rings. The van der Waals surface area contributed by atoms with Gasteiger partial charge in [-0.25, -0.2) is 0 Å². The minimum absolute atomic E-state index is 0.0399. The molecule has 0 fully saturated rings. The summed E-state index contributed by atoms with van der Waals surface area (Å²) in [5.41, 5.74) is 9.26. The molecule has 21 heavy (non-hydrogen) atoms. The molecule has 0 spiro atoms. The molecule has 0 aliphatic heterocycles. The van der Waals surface area contributed by atoms with Gasteiger partial charge >= 0.3 is 0 Å². The third-order valence-corrected chi connectivity index (χ3v) is 3.48. The molecule has 0 atom stereocenters. The number of benzene rings is 2. The van der Waals surface area contributed by atoms with Crippen LogP contribution in [0.15, 0.2) is 48.5 Å². The van der Waals surface area contributed by atoms with Crippen LogP contribution in [0.1, 0.15) is 23.1 Å². The van der Waals surface area contributed by atoms with Crippen molar-refractivity contribution in [3.05, 3.63) is 65.2 Å². The maximum Gasteiger partial charge on any atom is 0.224 e. The van der Waals surface area contributed by atoms with Gasteiger partial charge in [-0.3, -0.25) is 4.79 Å². The fraction of sp³-hybridized carbons (Fsp3) is 0.176. The first-order valence-corrected chi connectivity index (χ1v) is 7.22. The number of thiocarbonyl (C=S) groups is 1. The summed E-state index contributed by atoms with van der Waals surface area (Å²) in [6, 6.07) is 15.6. The van der Waals surface area contributed by atoms with Gasteiger partial charge < -0.3 is 11.1 Å². The molecule has 0 saturated heterocycles. The summed E-state index contributed by atoms with van der Waals surface area (Å²) in [6.07, 6.45) is 1.13. The van der Waals surface area contributed by atoms with E-state index in [2.05, 4.69) is 5.32 Å². The first-order valence-electron chi connectivity index (χ1n) is 6.81. The second-order valence-electron chi connectivity index (χ2n) is 4.90. The van der Waals surface area contributed by atoms with E-state index in [1.165, 1.54) is 0 Å². The maximum absolute atomic E-state index is 12.1. The summed E-state index contributed by atoms with van der Waals surface area (Å²) in [4.78, 5) is 12.4. The maximum atomic E-state index is 12.1. The molecule has 0 saturated carbocycles. The number of aryl methyl sites for hydroxylation is 2. The van der Waals surface area contributed by atoms with Gasteiger partial charge in [0.05, 0.1) is 5.69 Å². The molecule has 2 aromatic rings. The molecular weight excluding hydrogens is 280 g/mol. The number of nitrogens with two attached hydrogens (primary N) is 1. The largest absolute Gasteiger partial charge is 0.389 e. The Morgan fingerprint density at radius 3 is 2.52 bits per heavy atom. The molecule has 0 unspecified atom stereocenters. The zero-order valence-electron chi connectivity index (χ0n) is 11.9. The van der Waals surface area contributed by atoms with Gasteiger partial charge in [0.1, 0.15) is 4.99 Å². The van der Waals surface area contributed by atoms with Crippen molar-refractivity contribution in [3.8, 4) is 0 Å². The number of carbonyl (C=O) groups is 1. The van der Waals surface area contributed by atoms with Gasteiger partial charge in [0, 0.05) is 12.0 Å². The smallest absolute Gasteiger partial charge is 0.224 e. The topological polar surface area (TPSA) is 55.1 Å². The molecular formula is C17H18N2OS. The minimum Gasteiger partial charge on any atom is -0.389 e. The average Bonchev–Trinajstić information content (AvgIpc) is 2.46. The van der Waals surface area contributed by atoms with Crippen LogP contribution < -0.4 is 11.1 Å². The number of anilines is 1. The molecule has 4 heteroatoms. The van der Waals surface area contributed by atoms with Gasteiger partial charge in [-0.15, -0.1) is 0 Å². The minimum atomic E-state index is -0.0399. The predicted octanol–water partition coefficient (Wildman–Crippen LogP) is 3.20. The lowest BCUT2D eigenvalue weighted by Gasteiger charge is -2.12. The molecule has 2 rings (SSSR count). The second kappa shape index (κ2) is 6.99. The summed E-state index contributed by atoms with van der Waals surface area (Å²) in [5, 5.41) is 2.90. The van der Waals surface area contributed by atoms with Crippen molar-refractivity contribution in [2.75, 3.05) is 5.32 Å². The van der Waals surface area contributed by atoms with Gasteiger partial charge in [-0.1, -0.05) is 54.7 Å². The van der Waals surface area contributed by atoms with E-state index in [1.807, 2.05) is 55.5 Å². The average molecular weight is 298 g/mol. The highest BCUT2D eigenvalue weighted by atomic mass is 32.1. The van der Waals surface area contributed by atoms with Crippen LogP contribution in [0.5, 0.6) is 0 Å². The first-order chi connectivity index (χ1) is 10.1. The van der Waals surface area contributed by atoms with Crippen LogP contribution in [0.3, 0.4) is 0 Å². The summed E-state index contributed by atoms with van der Waals surface area (Å²) >= 11 is 5.06. The van der Waals surface area contributed by atoms with Crippen LogP contribution >= 0.6 is 12.2 Å². The number of amides is 1. The monoisotopic (exact) mass is 298 g/mol. The van der Waals surface area contributed by atoms with E-state index in [0.717, 1.165) is 16.7 Å². The molecule has 0 heterocycles. The van der Waals surface area contributed by atoms with Gasteiger partial charge in [0.25, 0.3) is 0 Å². The van der Waals surface area contributed by atoms with Crippen molar-refractivity contribution in [2.45, 2.75) is 19.8 Å². The van der Waals surface area contributed by atoms with Gasteiger partial charge in [-0.2, -0.15) is 0 Å². The van der Waals surface area contributed by atoms with Gasteiger partial charge in [-0.05, 0) is 30.5 Å². The van der Waals surface area contributed by atoms with Crippen molar-refractivity contribution in [3.63, 3.8) is 0 Å². The lowest BCUT2D eigenvalue weighted by atomic mass is 10.1. The summed E-state index contributed by atoms with van der Waals surface area (Å²) in [7, 11) is 0. The molecule has 108 valence electrons. The normalized spacial score (nSPS) is 10.1. The molecule has 0 aromatic heterocycles. The van der Waals surface area contributed by atoms with E-state index in [9.17, 15) is 4.79 Å². The Bertz CT molecular complexity index is 653. The van der Waals surface area contributed by atoms with Crippen LogP contribution in [0.25, 0.3) is 0 Å². The lowest BCUT2D eigenvalue weighted by molar-refractivity contribution is -0.116. The molecule has 3 nitrogen and oxygen atoms in total. The van der Waals surface area contributed by atoms with E-state index < -0.39 is 0 Å². The Labute approximate surface area is 130 Å². The molecule has 0 bridgehead atoms. The van der Waals surface area contributed by atoms with Crippen LogP contribution in [-0.4, -0.2) is 10.9 Å². The summed E-state index contributed by atoms with van der Waals surface area (Å²) in [5.74, 6) is -0.0399. The Balaban J connectivity index is 2.03. The van der Waals surface area contributed by atoms with Gasteiger partial charge in [0.2, 0.25) is 5.91 Å². The highest BCUT2D eigenvalue weighted by Crippen LogP contribution is 2.19. The molecule has 3 N–H and O–H groups in total. The fourth-order valence-electron chi connectivity index (χ4n) is 2.21. The summed E-state index contributed by atoms with van der Waals surface area (Å²) < 4.78 is 0. The molecule has 1 amide bonds. The Kier molecular flexibility index (Phi) is 5.06. The number of hydrogen-bond acceptors (Lipinski definition) is 2. The van der Waals surface area contributed by atoms with Gasteiger partial charge in [0.15, 0.2) is 0 Å². The van der Waals surface area contributed by atoms with E-state index in [0.29, 0.717) is 23.5 Å². The quantitative estimate of drug-likeness (QED) is 0.833. The number of rotatable bonds is 5. The fourth-order valence-corrected chi connectivity index (χ4v) is 2.49.